The molecule has 0 amide bonds. The van der Waals surface area contributed by atoms with E-state index in [1.54, 1.807) is 0 Å². The second-order valence-corrected chi connectivity index (χ2v) is 7.21. The first-order valence-corrected chi connectivity index (χ1v) is 7.60. The predicted octanol–water partition coefficient (Wildman–Crippen LogP) is 0.919. The van der Waals surface area contributed by atoms with Crippen LogP contribution in [0.25, 0.3) is 0 Å². The smallest absolute Gasteiger partial charge is 0.312 e. The summed E-state index contributed by atoms with van der Waals surface area (Å²) in [5.41, 5.74) is -1.07. The molecular formula is C12H19N3O5S. The van der Waals surface area contributed by atoms with E-state index in [1.165, 1.54) is 0 Å². The molecule has 1 rings (SSSR count). The number of nitro groups is 1. The summed E-state index contributed by atoms with van der Waals surface area (Å²) in [6, 6.07) is 2.94. The normalized spacial score (nSPS) is 12.6. The van der Waals surface area contributed by atoms with E-state index in [2.05, 4.69) is 4.72 Å². The first-order valence-electron chi connectivity index (χ1n) is 6.12. The van der Waals surface area contributed by atoms with Crippen molar-refractivity contribution < 1.29 is 18.4 Å². The summed E-state index contributed by atoms with van der Waals surface area (Å²) in [6.07, 6.45) is 0. The zero-order chi connectivity index (χ0) is 16.4. The van der Waals surface area contributed by atoms with Crippen molar-refractivity contribution in [3.8, 4) is 5.75 Å². The van der Waals surface area contributed by atoms with Gasteiger partial charge in [0.1, 0.15) is 0 Å². The number of phenols is 1. The lowest BCUT2D eigenvalue weighted by Gasteiger charge is -2.32. The first kappa shape index (κ1) is 17.3. The van der Waals surface area contributed by atoms with Crippen LogP contribution in [0.1, 0.15) is 13.8 Å². The SMILES string of the molecule is CN(C)C(C)(C)CNS(=O)(=O)c1ccc(O)c([N+](=O)[O-])c1. The highest BCUT2D eigenvalue weighted by atomic mass is 32.2. The van der Waals surface area contributed by atoms with Gasteiger partial charge >= 0.3 is 5.69 Å². The monoisotopic (exact) mass is 317 g/mol. The van der Waals surface area contributed by atoms with Gasteiger partial charge < -0.3 is 10.0 Å². The van der Waals surface area contributed by atoms with Crippen molar-refractivity contribution in [2.75, 3.05) is 20.6 Å². The summed E-state index contributed by atoms with van der Waals surface area (Å²) in [4.78, 5) is 11.5. The predicted molar refractivity (Wildman–Crippen MR) is 77.7 cm³/mol. The van der Waals surface area contributed by atoms with Gasteiger partial charge in [-0.1, -0.05) is 0 Å². The Bertz CT molecular complexity index is 640. The molecule has 2 N–H and O–H groups in total. The number of aromatic hydroxyl groups is 1. The summed E-state index contributed by atoms with van der Waals surface area (Å²) in [6.45, 7) is 3.85. The van der Waals surface area contributed by atoms with Gasteiger partial charge in [0.05, 0.1) is 9.82 Å². The minimum absolute atomic E-state index is 0.136. The van der Waals surface area contributed by atoms with Crippen LogP contribution in [0.2, 0.25) is 0 Å². The third-order valence-electron chi connectivity index (χ3n) is 3.36. The first-order chi connectivity index (χ1) is 9.47. The van der Waals surface area contributed by atoms with E-state index in [1.807, 2.05) is 32.8 Å². The van der Waals surface area contributed by atoms with Crippen molar-refractivity contribution in [2.24, 2.45) is 0 Å². The molecule has 0 aliphatic rings. The molecule has 0 saturated carbocycles. The molecule has 0 aromatic heterocycles. The molecule has 21 heavy (non-hydrogen) atoms. The fraction of sp³-hybridized carbons (Fsp3) is 0.500. The van der Waals surface area contributed by atoms with Crippen LogP contribution in [0, 0.1) is 10.1 Å². The number of nitrogens with zero attached hydrogens (tertiary/aromatic N) is 2. The van der Waals surface area contributed by atoms with Gasteiger partial charge in [0.25, 0.3) is 0 Å². The van der Waals surface area contributed by atoms with Crippen molar-refractivity contribution in [2.45, 2.75) is 24.3 Å². The van der Waals surface area contributed by atoms with E-state index in [4.69, 9.17) is 0 Å². The third-order valence-corrected chi connectivity index (χ3v) is 4.76. The molecule has 0 radical (unpaired) electrons. The number of sulfonamides is 1. The van der Waals surface area contributed by atoms with Crippen molar-refractivity contribution in [1.82, 2.24) is 9.62 Å². The molecule has 0 fully saturated rings. The molecule has 0 bridgehead atoms. The fourth-order valence-electron chi connectivity index (χ4n) is 1.33. The highest BCUT2D eigenvalue weighted by Crippen LogP contribution is 2.28. The van der Waals surface area contributed by atoms with Crippen LogP contribution in [-0.2, 0) is 10.0 Å². The zero-order valence-corrected chi connectivity index (χ0v) is 13.1. The number of nitro benzene ring substituents is 1. The molecule has 9 heteroatoms. The Morgan fingerprint density at radius 3 is 2.43 bits per heavy atom. The standard InChI is InChI=1S/C12H19N3O5S/c1-12(2,14(3)4)8-13-21(19,20)9-5-6-11(16)10(7-9)15(17)18/h5-7,13,16H,8H2,1-4H3. The second-order valence-electron chi connectivity index (χ2n) is 5.44. The summed E-state index contributed by atoms with van der Waals surface area (Å²) >= 11 is 0. The molecule has 1 aromatic carbocycles. The van der Waals surface area contributed by atoms with Crippen LogP contribution in [0.5, 0.6) is 5.75 Å². The van der Waals surface area contributed by atoms with Crippen molar-refractivity contribution in [3.05, 3.63) is 28.3 Å². The van der Waals surface area contributed by atoms with Crippen molar-refractivity contribution >= 4 is 15.7 Å². The van der Waals surface area contributed by atoms with Gasteiger partial charge in [-0.05, 0) is 40.1 Å². The van der Waals surface area contributed by atoms with Gasteiger partial charge in [-0.3, -0.25) is 10.1 Å². The van der Waals surface area contributed by atoms with Crippen LogP contribution >= 0.6 is 0 Å². The fourth-order valence-corrected chi connectivity index (χ4v) is 2.55. The van der Waals surface area contributed by atoms with E-state index < -0.39 is 31.9 Å². The summed E-state index contributed by atoms with van der Waals surface area (Å²) in [5, 5.41) is 20.1. The minimum atomic E-state index is -3.89. The van der Waals surface area contributed by atoms with Gasteiger partial charge in [0.2, 0.25) is 10.0 Å². The highest BCUT2D eigenvalue weighted by molar-refractivity contribution is 7.89. The largest absolute Gasteiger partial charge is 0.502 e. The topological polar surface area (TPSA) is 113 Å². The number of benzene rings is 1. The zero-order valence-electron chi connectivity index (χ0n) is 12.3. The van der Waals surface area contributed by atoms with Gasteiger partial charge in [0, 0.05) is 18.2 Å². The average Bonchev–Trinajstić information content (AvgIpc) is 2.36. The highest BCUT2D eigenvalue weighted by Gasteiger charge is 2.26. The Balaban J connectivity index is 3.04. The van der Waals surface area contributed by atoms with Crippen LogP contribution in [0.15, 0.2) is 23.1 Å². The molecule has 0 spiro atoms. The third kappa shape index (κ3) is 4.13. The molecule has 0 heterocycles. The Kier molecular flexibility index (Phi) is 4.92. The molecule has 118 valence electrons. The Hall–Kier alpha value is -1.71. The maximum atomic E-state index is 12.2. The summed E-state index contributed by atoms with van der Waals surface area (Å²) in [7, 11) is -0.254. The molecule has 0 saturated heterocycles. The number of nitrogens with one attached hydrogen (secondary N) is 1. The molecule has 8 nitrogen and oxygen atoms in total. The van der Waals surface area contributed by atoms with E-state index in [0.717, 1.165) is 18.2 Å². The second kappa shape index (κ2) is 5.96. The van der Waals surface area contributed by atoms with Gasteiger partial charge in [0.15, 0.2) is 5.75 Å². The van der Waals surface area contributed by atoms with Crippen molar-refractivity contribution in [1.29, 1.82) is 0 Å². The molecule has 0 unspecified atom stereocenters. The van der Waals surface area contributed by atoms with Crippen LogP contribution in [0.4, 0.5) is 5.69 Å². The lowest BCUT2D eigenvalue weighted by molar-refractivity contribution is -0.386. The molecular weight excluding hydrogens is 298 g/mol. The van der Waals surface area contributed by atoms with E-state index in [0.29, 0.717) is 0 Å². The maximum Gasteiger partial charge on any atom is 0.312 e. The average molecular weight is 317 g/mol. The maximum absolute atomic E-state index is 12.2. The molecule has 0 aliphatic carbocycles. The summed E-state index contributed by atoms with van der Waals surface area (Å²) in [5.74, 6) is -0.576. The van der Waals surface area contributed by atoms with Crippen LogP contribution in [-0.4, -0.2) is 49.5 Å². The number of hydrogen-bond acceptors (Lipinski definition) is 6. The Labute approximate surface area is 123 Å². The Morgan fingerprint density at radius 2 is 1.95 bits per heavy atom. The van der Waals surface area contributed by atoms with E-state index >= 15 is 0 Å². The van der Waals surface area contributed by atoms with Crippen LogP contribution in [0.3, 0.4) is 0 Å². The number of rotatable bonds is 6. The lowest BCUT2D eigenvalue weighted by atomic mass is 10.1. The minimum Gasteiger partial charge on any atom is -0.502 e. The quantitative estimate of drug-likeness (QED) is 0.596. The van der Waals surface area contributed by atoms with E-state index in [9.17, 15) is 23.6 Å². The molecule has 1 aromatic rings. The van der Waals surface area contributed by atoms with E-state index in [-0.39, 0.29) is 11.4 Å². The van der Waals surface area contributed by atoms with Crippen molar-refractivity contribution in [3.63, 3.8) is 0 Å². The number of phenolic OH excluding ortho intramolecular Hbond substituents is 1. The number of likely N-dealkylation sites (N-methyl/N-ethyl adjacent to an activating group) is 1. The van der Waals surface area contributed by atoms with Gasteiger partial charge in [-0.2, -0.15) is 0 Å². The Morgan fingerprint density at radius 1 is 1.38 bits per heavy atom. The van der Waals surface area contributed by atoms with Gasteiger partial charge in [-0.25, -0.2) is 13.1 Å². The van der Waals surface area contributed by atoms with Crippen LogP contribution < -0.4 is 4.72 Å². The summed E-state index contributed by atoms with van der Waals surface area (Å²) < 4.78 is 26.7. The van der Waals surface area contributed by atoms with Gasteiger partial charge in [-0.15, -0.1) is 0 Å². The number of hydrogen-bond donors (Lipinski definition) is 2. The molecule has 0 atom stereocenters. The lowest BCUT2D eigenvalue weighted by Crippen LogP contribution is -2.48. The molecule has 0 aliphatic heterocycles.